The molecule has 0 atom stereocenters. The average Bonchev–Trinajstić information content (AvgIpc) is 3.30. The van der Waals surface area contributed by atoms with Gasteiger partial charge in [0.1, 0.15) is 16.9 Å². The predicted octanol–water partition coefficient (Wildman–Crippen LogP) is 4.82. The summed E-state index contributed by atoms with van der Waals surface area (Å²) in [5.41, 5.74) is 2.06. The first kappa shape index (κ1) is 14.1. The minimum absolute atomic E-state index is 0.573. The van der Waals surface area contributed by atoms with Crippen LogP contribution in [0.1, 0.15) is 0 Å². The van der Waals surface area contributed by atoms with E-state index in [1.165, 1.54) is 6.33 Å². The van der Waals surface area contributed by atoms with Crippen molar-refractivity contribution >= 4 is 32.5 Å². The normalized spacial score (nSPS) is 11.2. The predicted molar refractivity (Wildman–Crippen MR) is 98.6 cm³/mol. The number of hydrogen-bond donors (Lipinski definition) is 0. The lowest BCUT2D eigenvalue weighted by molar-refractivity contribution is 0.468. The molecule has 0 amide bonds. The SMILES string of the molecule is c1ccc2c(c1)cnn2-c1ccc(Oc2ncnc3sccc23)cc1. The Morgan fingerprint density at radius 3 is 2.72 bits per heavy atom. The molecule has 3 aromatic heterocycles. The third-order valence-electron chi connectivity index (χ3n) is 4.00. The van der Waals surface area contributed by atoms with Gasteiger partial charge < -0.3 is 4.74 Å². The fraction of sp³-hybridized carbons (Fsp3) is 0. The van der Waals surface area contributed by atoms with Crippen LogP contribution in [-0.2, 0) is 0 Å². The van der Waals surface area contributed by atoms with Crippen LogP contribution in [0.5, 0.6) is 11.6 Å². The van der Waals surface area contributed by atoms with E-state index in [0.29, 0.717) is 5.88 Å². The van der Waals surface area contributed by atoms with Crippen LogP contribution in [0.2, 0.25) is 0 Å². The quantitative estimate of drug-likeness (QED) is 0.471. The molecule has 0 aliphatic heterocycles. The highest BCUT2D eigenvalue weighted by atomic mass is 32.1. The summed E-state index contributed by atoms with van der Waals surface area (Å²) in [4.78, 5) is 9.40. The molecule has 25 heavy (non-hydrogen) atoms. The topological polar surface area (TPSA) is 52.8 Å². The number of thiophene rings is 1. The first-order valence-electron chi connectivity index (χ1n) is 7.78. The van der Waals surface area contributed by atoms with Crippen LogP contribution in [0.3, 0.4) is 0 Å². The smallest absolute Gasteiger partial charge is 0.231 e. The second-order valence-electron chi connectivity index (χ2n) is 5.53. The van der Waals surface area contributed by atoms with Gasteiger partial charge in [0, 0.05) is 5.39 Å². The Morgan fingerprint density at radius 1 is 0.920 bits per heavy atom. The Morgan fingerprint density at radius 2 is 1.80 bits per heavy atom. The molecule has 0 saturated carbocycles. The molecular formula is C19H12N4OS. The summed E-state index contributed by atoms with van der Waals surface area (Å²) in [6.07, 6.45) is 3.40. The average molecular weight is 344 g/mol. The Bertz CT molecular complexity index is 1180. The summed E-state index contributed by atoms with van der Waals surface area (Å²) in [6, 6.07) is 17.9. The largest absolute Gasteiger partial charge is 0.438 e. The number of ether oxygens (including phenoxy) is 1. The zero-order valence-electron chi connectivity index (χ0n) is 13.0. The zero-order valence-corrected chi connectivity index (χ0v) is 13.9. The molecule has 0 radical (unpaired) electrons. The van der Waals surface area contributed by atoms with Crippen LogP contribution in [-0.4, -0.2) is 19.7 Å². The van der Waals surface area contributed by atoms with E-state index in [4.69, 9.17) is 4.74 Å². The number of aromatic nitrogens is 4. The summed E-state index contributed by atoms with van der Waals surface area (Å²) in [7, 11) is 0. The minimum Gasteiger partial charge on any atom is -0.438 e. The molecule has 2 aromatic carbocycles. The molecule has 6 heteroatoms. The molecule has 0 N–H and O–H groups in total. The van der Waals surface area contributed by atoms with Crippen LogP contribution in [0.15, 0.2) is 72.5 Å². The molecule has 0 bridgehead atoms. The Hall–Kier alpha value is -3.25. The molecule has 0 unspecified atom stereocenters. The lowest BCUT2D eigenvalue weighted by Gasteiger charge is -2.07. The summed E-state index contributed by atoms with van der Waals surface area (Å²) >= 11 is 1.57. The van der Waals surface area contributed by atoms with Gasteiger partial charge in [0.25, 0.3) is 0 Å². The molecule has 5 aromatic rings. The molecule has 5 nitrogen and oxygen atoms in total. The van der Waals surface area contributed by atoms with Crippen molar-refractivity contribution in [3.8, 4) is 17.3 Å². The summed E-state index contributed by atoms with van der Waals surface area (Å²) in [6.45, 7) is 0. The zero-order chi connectivity index (χ0) is 16.6. The Labute approximate surface area is 147 Å². The van der Waals surface area contributed by atoms with Crippen LogP contribution < -0.4 is 4.74 Å². The van der Waals surface area contributed by atoms with Gasteiger partial charge in [0.15, 0.2) is 0 Å². The van der Waals surface area contributed by atoms with Crippen molar-refractivity contribution in [2.45, 2.75) is 0 Å². The lowest BCUT2D eigenvalue weighted by Crippen LogP contribution is -1.96. The van der Waals surface area contributed by atoms with Gasteiger partial charge >= 0.3 is 0 Å². The summed E-state index contributed by atoms with van der Waals surface area (Å²) in [5, 5.41) is 8.49. The van der Waals surface area contributed by atoms with E-state index in [2.05, 4.69) is 27.2 Å². The first-order valence-corrected chi connectivity index (χ1v) is 8.66. The van der Waals surface area contributed by atoms with Gasteiger partial charge in [-0.3, -0.25) is 0 Å². The van der Waals surface area contributed by atoms with Crippen LogP contribution in [0.4, 0.5) is 0 Å². The fourth-order valence-electron chi connectivity index (χ4n) is 2.79. The molecule has 0 aliphatic rings. The fourth-order valence-corrected chi connectivity index (χ4v) is 3.52. The van der Waals surface area contributed by atoms with E-state index in [1.807, 2.05) is 58.7 Å². The van der Waals surface area contributed by atoms with Gasteiger partial charge in [-0.25, -0.2) is 14.6 Å². The third-order valence-corrected chi connectivity index (χ3v) is 4.82. The van der Waals surface area contributed by atoms with Crippen molar-refractivity contribution in [3.05, 3.63) is 72.5 Å². The Kier molecular flexibility index (Phi) is 3.21. The first-order chi connectivity index (χ1) is 12.4. The molecule has 3 heterocycles. The van der Waals surface area contributed by atoms with E-state index >= 15 is 0 Å². The minimum atomic E-state index is 0.573. The second kappa shape index (κ2) is 5.68. The van der Waals surface area contributed by atoms with Crippen molar-refractivity contribution in [1.29, 1.82) is 0 Å². The van der Waals surface area contributed by atoms with E-state index in [9.17, 15) is 0 Å². The third kappa shape index (κ3) is 2.43. The summed E-state index contributed by atoms with van der Waals surface area (Å²) < 4.78 is 7.85. The number of hydrogen-bond acceptors (Lipinski definition) is 5. The van der Waals surface area contributed by atoms with E-state index in [1.54, 1.807) is 11.3 Å². The number of nitrogens with zero attached hydrogens (tertiary/aromatic N) is 4. The molecule has 5 rings (SSSR count). The molecule has 0 saturated heterocycles. The van der Waals surface area contributed by atoms with Crippen molar-refractivity contribution in [3.63, 3.8) is 0 Å². The van der Waals surface area contributed by atoms with Crippen molar-refractivity contribution in [2.24, 2.45) is 0 Å². The van der Waals surface area contributed by atoms with Crippen LogP contribution in [0, 0.1) is 0 Å². The van der Waals surface area contributed by atoms with Gasteiger partial charge in [-0.2, -0.15) is 5.10 Å². The summed E-state index contributed by atoms with van der Waals surface area (Å²) in [5.74, 6) is 1.30. The number of benzene rings is 2. The van der Waals surface area contributed by atoms with Gasteiger partial charge in [-0.1, -0.05) is 18.2 Å². The highest BCUT2D eigenvalue weighted by molar-refractivity contribution is 7.16. The molecular weight excluding hydrogens is 332 g/mol. The highest BCUT2D eigenvalue weighted by Gasteiger charge is 2.08. The second-order valence-corrected chi connectivity index (χ2v) is 6.42. The van der Waals surface area contributed by atoms with Gasteiger partial charge in [-0.05, 0) is 41.8 Å². The highest BCUT2D eigenvalue weighted by Crippen LogP contribution is 2.30. The number of fused-ring (bicyclic) bond motifs is 2. The maximum absolute atomic E-state index is 5.94. The van der Waals surface area contributed by atoms with Gasteiger partial charge in [0.2, 0.25) is 5.88 Å². The molecule has 0 aliphatic carbocycles. The maximum Gasteiger partial charge on any atom is 0.231 e. The standard InChI is InChI=1S/C19H12N4OS/c1-2-4-17-13(3-1)11-22-23(17)14-5-7-15(8-6-14)24-18-16-9-10-25-19(16)21-12-20-18/h1-12H. The van der Waals surface area contributed by atoms with E-state index < -0.39 is 0 Å². The molecule has 0 spiro atoms. The number of rotatable bonds is 3. The van der Waals surface area contributed by atoms with Crippen molar-refractivity contribution in [1.82, 2.24) is 19.7 Å². The van der Waals surface area contributed by atoms with Crippen molar-refractivity contribution in [2.75, 3.05) is 0 Å². The lowest BCUT2D eigenvalue weighted by atomic mass is 10.2. The molecule has 120 valence electrons. The van der Waals surface area contributed by atoms with E-state index in [-0.39, 0.29) is 0 Å². The van der Waals surface area contributed by atoms with Gasteiger partial charge in [0.05, 0.1) is 22.8 Å². The Balaban J connectivity index is 1.48. The van der Waals surface area contributed by atoms with Crippen LogP contribution >= 0.6 is 11.3 Å². The molecule has 0 fully saturated rings. The van der Waals surface area contributed by atoms with E-state index in [0.717, 1.165) is 32.6 Å². The monoisotopic (exact) mass is 344 g/mol. The maximum atomic E-state index is 5.94. The van der Waals surface area contributed by atoms with Crippen molar-refractivity contribution < 1.29 is 4.74 Å². The van der Waals surface area contributed by atoms with Gasteiger partial charge in [-0.15, -0.1) is 11.3 Å². The van der Waals surface area contributed by atoms with Crippen LogP contribution in [0.25, 0.3) is 26.8 Å². The number of para-hydroxylation sites is 1.